The van der Waals surface area contributed by atoms with Gasteiger partial charge < -0.3 is 9.47 Å². The minimum absolute atomic E-state index is 0.273. The molecule has 0 saturated heterocycles. The van der Waals surface area contributed by atoms with E-state index in [9.17, 15) is 9.59 Å². The smallest absolute Gasteiger partial charge is 0.311 e. The molecule has 0 unspecified atom stereocenters. The van der Waals surface area contributed by atoms with Gasteiger partial charge in [0.2, 0.25) is 0 Å². The molecule has 0 amide bonds. The van der Waals surface area contributed by atoms with Crippen molar-refractivity contribution in [2.75, 3.05) is 0 Å². The highest BCUT2D eigenvalue weighted by atomic mass is 16.6. The molecule has 1 aromatic rings. The molecule has 1 rings (SSSR count). The first-order valence-corrected chi connectivity index (χ1v) is 10.5. The van der Waals surface area contributed by atoms with Gasteiger partial charge in [-0.15, -0.1) is 0 Å². The van der Waals surface area contributed by atoms with Gasteiger partial charge in [-0.1, -0.05) is 77.8 Å². The lowest BCUT2D eigenvalue weighted by Gasteiger charge is -2.10. The lowest BCUT2D eigenvalue weighted by molar-refractivity contribution is -0.137. The summed E-state index contributed by atoms with van der Waals surface area (Å²) >= 11 is 0. The summed E-state index contributed by atoms with van der Waals surface area (Å²) in [7, 11) is 0. The van der Waals surface area contributed by atoms with Gasteiger partial charge in [-0.2, -0.15) is 0 Å². The first-order valence-electron chi connectivity index (χ1n) is 10.5. The average molecular weight is 377 g/mol. The van der Waals surface area contributed by atoms with Crippen molar-refractivity contribution in [3.63, 3.8) is 0 Å². The number of benzene rings is 1. The van der Waals surface area contributed by atoms with E-state index in [-0.39, 0.29) is 11.9 Å². The van der Waals surface area contributed by atoms with E-state index in [0.717, 1.165) is 50.9 Å². The third-order valence-electron chi connectivity index (χ3n) is 4.44. The van der Waals surface area contributed by atoms with E-state index in [2.05, 4.69) is 20.8 Å². The summed E-state index contributed by atoms with van der Waals surface area (Å²) in [6.45, 7) is 6.59. The fourth-order valence-electron chi connectivity index (χ4n) is 2.84. The van der Waals surface area contributed by atoms with Crippen LogP contribution in [0.1, 0.15) is 91.4 Å². The Kier molecular flexibility index (Phi) is 12.2. The maximum atomic E-state index is 12.1. The molecule has 0 aliphatic rings. The Morgan fingerprint density at radius 3 is 1.74 bits per heavy atom. The Labute approximate surface area is 164 Å². The number of unbranched alkanes of at least 4 members (excludes halogenated alkanes) is 6. The van der Waals surface area contributed by atoms with Crippen LogP contribution in [-0.2, 0) is 9.59 Å². The Morgan fingerprint density at radius 2 is 1.26 bits per heavy atom. The third-order valence-corrected chi connectivity index (χ3v) is 4.44. The molecule has 0 atom stereocenters. The lowest BCUT2D eigenvalue weighted by atomic mass is 10.0. The van der Waals surface area contributed by atoms with E-state index in [1.54, 1.807) is 24.3 Å². The van der Waals surface area contributed by atoms with Crippen molar-refractivity contribution in [1.29, 1.82) is 0 Å². The molecule has 4 heteroatoms. The van der Waals surface area contributed by atoms with Crippen LogP contribution in [0.5, 0.6) is 11.5 Å². The fourth-order valence-corrected chi connectivity index (χ4v) is 2.84. The van der Waals surface area contributed by atoms with Crippen LogP contribution in [-0.4, -0.2) is 11.9 Å². The van der Waals surface area contributed by atoms with Crippen LogP contribution < -0.4 is 9.47 Å². The predicted molar refractivity (Wildman–Crippen MR) is 109 cm³/mol. The van der Waals surface area contributed by atoms with Crippen molar-refractivity contribution in [1.82, 2.24) is 0 Å². The van der Waals surface area contributed by atoms with Crippen LogP contribution in [0, 0.1) is 5.92 Å². The Morgan fingerprint density at radius 1 is 0.778 bits per heavy atom. The van der Waals surface area contributed by atoms with Crippen LogP contribution in [0.4, 0.5) is 0 Å². The summed E-state index contributed by atoms with van der Waals surface area (Å²) in [5.74, 6) is 0.832. The molecule has 0 heterocycles. The Balaban J connectivity index is 2.35. The topological polar surface area (TPSA) is 52.6 Å². The van der Waals surface area contributed by atoms with Crippen LogP contribution in [0.15, 0.2) is 24.3 Å². The summed E-state index contributed by atoms with van der Waals surface area (Å²) in [5, 5.41) is 0. The molecule has 27 heavy (non-hydrogen) atoms. The van der Waals surface area contributed by atoms with Crippen molar-refractivity contribution in [3.8, 4) is 11.5 Å². The minimum atomic E-state index is -0.278. The van der Waals surface area contributed by atoms with Crippen molar-refractivity contribution in [2.24, 2.45) is 5.92 Å². The number of rotatable bonds is 14. The SMILES string of the molecule is CCCCCCC(=O)Oc1ccccc1OC(=O)CCCCCCC(C)C. The summed E-state index contributed by atoms with van der Waals surface area (Å²) in [6, 6.07) is 6.87. The van der Waals surface area contributed by atoms with Gasteiger partial charge in [0.25, 0.3) is 0 Å². The van der Waals surface area contributed by atoms with Gasteiger partial charge in [0.1, 0.15) is 0 Å². The van der Waals surface area contributed by atoms with Crippen LogP contribution in [0.2, 0.25) is 0 Å². The quantitative estimate of drug-likeness (QED) is 0.212. The second-order valence-electron chi connectivity index (χ2n) is 7.55. The number of para-hydroxylation sites is 2. The molecule has 1 aromatic carbocycles. The first kappa shape index (κ1) is 23.2. The number of esters is 2. The van der Waals surface area contributed by atoms with Crippen molar-refractivity contribution in [3.05, 3.63) is 24.3 Å². The van der Waals surface area contributed by atoms with Gasteiger partial charge in [-0.25, -0.2) is 0 Å². The van der Waals surface area contributed by atoms with Crippen LogP contribution in [0.25, 0.3) is 0 Å². The zero-order valence-electron chi connectivity index (χ0n) is 17.3. The Hall–Kier alpha value is -1.84. The van der Waals surface area contributed by atoms with E-state index in [1.807, 2.05) is 0 Å². The van der Waals surface area contributed by atoms with E-state index >= 15 is 0 Å². The predicted octanol–water partition coefficient (Wildman–Crippen LogP) is 6.46. The number of hydrogen-bond acceptors (Lipinski definition) is 4. The zero-order chi connectivity index (χ0) is 19.9. The number of carbonyl (C=O) groups is 2. The van der Waals surface area contributed by atoms with Crippen molar-refractivity contribution >= 4 is 11.9 Å². The second-order valence-corrected chi connectivity index (χ2v) is 7.55. The normalized spacial score (nSPS) is 10.8. The van der Waals surface area contributed by atoms with Gasteiger partial charge in [-0.3, -0.25) is 9.59 Å². The number of ether oxygens (including phenoxy) is 2. The molecule has 0 N–H and O–H groups in total. The number of hydrogen-bond donors (Lipinski definition) is 0. The molecule has 0 bridgehead atoms. The highest BCUT2D eigenvalue weighted by Gasteiger charge is 2.13. The summed E-state index contributed by atoms with van der Waals surface area (Å²) in [4.78, 5) is 24.0. The van der Waals surface area contributed by atoms with Gasteiger partial charge in [0, 0.05) is 12.8 Å². The van der Waals surface area contributed by atoms with E-state index < -0.39 is 0 Å². The van der Waals surface area contributed by atoms with E-state index in [4.69, 9.17) is 9.47 Å². The molecule has 0 radical (unpaired) electrons. The largest absolute Gasteiger partial charge is 0.423 e. The van der Waals surface area contributed by atoms with Crippen LogP contribution in [0.3, 0.4) is 0 Å². The maximum absolute atomic E-state index is 12.1. The first-order chi connectivity index (χ1) is 13.0. The van der Waals surface area contributed by atoms with Gasteiger partial charge in [0.15, 0.2) is 11.5 Å². The maximum Gasteiger partial charge on any atom is 0.311 e. The third kappa shape index (κ3) is 11.5. The molecule has 0 aliphatic carbocycles. The standard InChI is InChI=1S/C23H36O4/c1-4-5-6-10-17-22(24)26-20-15-12-13-16-21(20)27-23(25)18-11-8-7-9-14-19(2)3/h12-13,15-16,19H,4-11,14,17-18H2,1-3H3. The highest BCUT2D eigenvalue weighted by molar-refractivity contribution is 5.76. The summed E-state index contributed by atoms with van der Waals surface area (Å²) < 4.78 is 10.8. The van der Waals surface area contributed by atoms with Crippen molar-refractivity contribution < 1.29 is 19.1 Å². The summed E-state index contributed by atoms with van der Waals surface area (Å²) in [6.07, 6.45) is 10.4. The fraction of sp³-hybridized carbons (Fsp3) is 0.652. The van der Waals surface area contributed by atoms with Gasteiger partial charge in [0.05, 0.1) is 0 Å². The Bertz CT molecular complexity index is 551. The molecule has 0 saturated carbocycles. The molecule has 152 valence electrons. The molecule has 4 nitrogen and oxygen atoms in total. The molecule has 0 aliphatic heterocycles. The minimum Gasteiger partial charge on any atom is -0.423 e. The monoisotopic (exact) mass is 376 g/mol. The zero-order valence-corrected chi connectivity index (χ0v) is 17.3. The molecule has 0 fully saturated rings. The van der Waals surface area contributed by atoms with Crippen LogP contribution >= 0.6 is 0 Å². The second kappa shape index (κ2) is 14.2. The molecular formula is C23H36O4. The average Bonchev–Trinajstić information content (AvgIpc) is 2.63. The highest BCUT2D eigenvalue weighted by Crippen LogP contribution is 2.27. The van der Waals surface area contributed by atoms with E-state index in [0.29, 0.717) is 24.3 Å². The molecular weight excluding hydrogens is 340 g/mol. The van der Waals surface area contributed by atoms with E-state index in [1.165, 1.54) is 12.8 Å². The lowest BCUT2D eigenvalue weighted by Crippen LogP contribution is -2.12. The molecule has 0 spiro atoms. The van der Waals surface area contributed by atoms with Gasteiger partial charge in [-0.05, 0) is 30.9 Å². The van der Waals surface area contributed by atoms with Crippen molar-refractivity contribution in [2.45, 2.75) is 91.4 Å². The summed E-state index contributed by atoms with van der Waals surface area (Å²) in [5.41, 5.74) is 0. The molecule has 0 aromatic heterocycles. The van der Waals surface area contributed by atoms with Gasteiger partial charge >= 0.3 is 11.9 Å². The number of carbonyl (C=O) groups excluding carboxylic acids is 2.